The normalized spacial score (nSPS) is 22.0. The zero-order chi connectivity index (χ0) is 18.9. The van der Waals surface area contributed by atoms with Crippen molar-refractivity contribution in [3.63, 3.8) is 0 Å². The molecule has 9 heteroatoms. The van der Waals surface area contributed by atoms with Crippen molar-refractivity contribution >= 4 is 23.4 Å². The first-order valence-corrected chi connectivity index (χ1v) is 9.26. The minimum Gasteiger partial charge on any atom is -0.421 e. The fourth-order valence-corrected chi connectivity index (χ4v) is 4.90. The molecule has 5 rings (SSSR count). The molecule has 3 aliphatic rings. The molecule has 27 heavy (non-hydrogen) atoms. The fraction of sp³-hybridized carbons (Fsp3) is 0.222. The Hall–Kier alpha value is -3.25. The van der Waals surface area contributed by atoms with Crippen LogP contribution in [0.2, 0.25) is 0 Å². The summed E-state index contributed by atoms with van der Waals surface area (Å²) >= 11 is 1.43. The highest BCUT2D eigenvalue weighted by atomic mass is 32.2. The molecular weight excluding hydrogens is 366 g/mol. The average Bonchev–Trinajstić information content (AvgIpc) is 3.20. The Morgan fingerprint density at radius 2 is 2.26 bits per heavy atom. The van der Waals surface area contributed by atoms with Crippen molar-refractivity contribution in [3.8, 4) is 11.9 Å². The van der Waals surface area contributed by atoms with E-state index in [-0.39, 0.29) is 28.5 Å². The fourth-order valence-electron chi connectivity index (χ4n) is 3.96. The number of aryl methyl sites for hydroxylation is 1. The van der Waals surface area contributed by atoms with Gasteiger partial charge in [-0.3, -0.25) is 14.2 Å². The predicted molar refractivity (Wildman–Crippen MR) is 97.3 cm³/mol. The summed E-state index contributed by atoms with van der Waals surface area (Å²) in [4.78, 5) is 31.0. The molecule has 2 aromatic rings. The summed E-state index contributed by atoms with van der Waals surface area (Å²) in [5, 5.41) is 13.1. The highest BCUT2D eigenvalue weighted by Crippen LogP contribution is 2.52. The molecule has 134 valence electrons. The van der Waals surface area contributed by atoms with Crippen molar-refractivity contribution in [2.75, 3.05) is 11.1 Å². The number of nitrogens with zero attached hydrogens (tertiary/aromatic N) is 3. The Morgan fingerprint density at radius 3 is 3.04 bits per heavy atom. The molecular formula is C18H13N5O3S. The monoisotopic (exact) mass is 379 g/mol. The lowest BCUT2D eigenvalue weighted by Crippen LogP contribution is -2.47. The van der Waals surface area contributed by atoms with Crippen LogP contribution < -0.4 is 21.3 Å². The molecule has 0 saturated carbocycles. The maximum atomic E-state index is 13.4. The maximum Gasteiger partial charge on any atom is 0.263 e. The summed E-state index contributed by atoms with van der Waals surface area (Å²) in [6, 6.07) is 7.40. The number of fused-ring (bicyclic) bond motifs is 5. The molecule has 1 spiro atoms. The lowest BCUT2D eigenvalue weighted by molar-refractivity contribution is -0.118. The number of amides is 1. The van der Waals surface area contributed by atoms with E-state index in [2.05, 4.69) is 10.3 Å². The summed E-state index contributed by atoms with van der Waals surface area (Å²) in [6.07, 6.45) is 0. The second-order valence-electron chi connectivity index (χ2n) is 6.59. The molecule has 0 aliphatic carbocycles. The SMILES string of the molecule is Cc1ccc2c(c1)C1(C(=O)N2)C(C#N)=C(N)Oc2nc3n(c(=O)c21)CCS3. The average molecular weight is 379 g/mol. The van der Waals surface area contributed by atoms with Gasteiger partial charge < -0.3 is 15.8 Å². The number of nitriles is 1. The molecule has 1 aromatic carbocycles. The first-order chi connectivity index (χ1) is 13.0. The number of carbonyl (C=O) groups is 1. The van der Waals surface area contributed by atoms with Crippen molar-refractivity contribution in [2.45, 2.75) is 24.0 Å². The molecule has 1 unspecified atom stereocenters. The van der Waals surface area contributed by atoms with E-state index in [1.54, 1.807) is 12.1 Å². The number of carbonyl (C=O) groups excluding carboxylic acids is 1. The lowest BCUT2D eigenvalue weighted by Gasteiger charge is -2.32. The summed E-state index contributed by atoms with van der Waals surface area (Å²) < 4.78 is 7.06. The molecule has 3 N–H and O–H groups in total. The summed E-state index contributed by atoms with van der Waals surface area (Å²) in [5.41, 5.74) is 5.86. The smallest absolute Gasteiger partial charge is 0.263 e. The first-order valence-electron chi connectivity index (χ1n) is 8.27. The van der Waals surface area contributed by atoms with Gasteiger partial charge in [-0.2, -0.15) is 10.2 Å². The molecule has 1 aromatic heterocycles. The molecule has 0 saturated heterocycles. The Labute approximate surface area is 157 Å². The number of aromatic nitrogens is 2. The molecule has 1 amide bonds. The Balaban J connectivity index is 1.97. The van der Waals surface area contributed by atoms with E-state index in [1.165, 1.54) is 16.3 Å². The topological polar surface area (TPSA) is 123 Å². The Kier molecular flexibility index (Phi) is 3.04. The summed E-state index contributed by atoms with van der Waals surface area (Å²) in [5.74, 6) is -0.0260. The summed E-state index contributed by atoms with van der Waals surface area (Å²) in [7, 11) is 0. The maximum absolute atomic E-state index is 13.4. The van der Waals surface area contributed by atoms with Gasteiger partial charge in [-0.25, -0.2) is 0 Å². The number of nitrogens with two attached hydrogens (primary N) is 1. The van der Waals surface area contributed by atoms with Gasteiger partial charge in [0.05, 0.1) is 0 Å². The van der Waals surface area contributed by atoms with Gasteiger partial charge in [0.2, 0.25) is 17.7 Å². The number of thioether (sulfide) groups is 1. The number of hydrogen-bond donors (Lipinski definition) is 2. The van der Waals surface area contributed by atoms with Crippen molar-refractivity contribution in [3.05, 3.63) is 56.7 Å². The van der Waals surface area contributed by atoms with Crippen LogP contribution in [0.25, 0.3) is 0 Å². The van der Waals surface area contributed by atoms with Crippen LogP contribution in [0.1, 0.15) is 16.7 Å². The van der Waals surface area contributed by atoms with Crippen LogP contribution in [-0.2, 0) is 16.8 Å². The standard InChI is InChI=1S/C18H13N5O3S/c1-8-2-3-11-9(6-8)18(16(25)21-11)10(7-19)13(20)26-14-12(18)15(24)23-4-5-27-17(23)22-14/h2-3,6H,4-5,20H2,1H3,(H,21,25). The Bertz CT molecular complexity index is 1190. The number of nitrogens with one attached hydrogen (secondary N) is 1. The molecule has 3 aliphatic heterocycles. The zero-order valence-electron chi connectivity index (χ0n) is 14.2. The third-order valence-electron chi connectivity index (χ3n) is 5.13. The van der Waals surface area contributed by atoms with E-state index in [4.69, 9.17) is 10.5 Å². The van der Waals surface area contributed by atoms with E-state index in [0.29, 0.717) is 28.7 Å². The molecule has 8 nitrogen and oxygen atoms in total. The number of anilines is 1. The van der Waals surface area contributed by atoms with E-state index in [0.717, 1.165) is 5.56 Å². The van der Waals surface area contributed by atoms with E-state index < -0.39 is 11.3 Å². The highest BCUT2D eigenvalue weighted by Gasteiger charge is 2.59. The van der Waals surface area contributed by atoms with Gasteiger partial charge in [0.15, 0.2) is 10.6 Å². The third-order valence-corrected chi connectivity index (χ3v) is 6.09. The van der Waals surface area contributed by atoms with Crippen LogP contribution in [0.15, 0.2) is 39.6 Å². The van der Waals surface area contributed by atoms with Crippen molar-refractivity contribution in [2.24, 2.45) is 5.73 Å². The number of ether oxygens (including phenoxy) is 1. The minimum atomic E-state index is -1.66. The van der Waals surface area contributed by atoms with Crippen LogP contribution >= 0.6 is 11.8 Å². The van der Waals surface area contributed by atoms with Crippen LogP contribution in [0.4, 0.5) is 5.69 Å². The molecule has 1 atom stereocenters. The van der Waals surface area contributed by atoms with E-state index in [1.807, 2.05) is 19.1 Å². The van der Waals surface area contributed by atoms with Gasteiger partial charge in [0.1, 0.15) is 17.2 Å². The van der Waals surface area contributed by atoms with Gasteiger partial charge in [0, 0.05) is 23.5 Å². The molecule has 0 radical (unpaired) electrons. The van der Waals surface area contributed by atoms with Crippen molar-refractivity contribution in [1.82, 2.24) is 9.55 Å². The molecule has 4 heterocycles. The largest absolute Gasteiger partial charge is 0.421 e. The molecule has 0 fully saturated rings. The summed E-state index contributed by atoms with van der Waals surface area (Å²) in [6.45, 7) is 2.36. The quantitative estimate of drug-likeness (QED) is 0.654. The second-order valence-corrected chi connectivity index (χ2v) is 7.65. The zero-order valence-corrected chi connectivity index (χ0v) is 15.0. The molecule has 0 bridgehead atoms. The first kappa shape index (κ1) is 16.0. The van der Waals surface area contributed by atoms with Gasteiger partial charge in [-0.15, -0.1) is 0 Å². The van der Waals surface area contributed by atoms with E-state index >= 15 is 0 Å². The Morgan fingerprint density at radius 1 is 1.44 bits per heavy atom. The second kappa shape index (κ2) is 5.14. The number of rotatable bonds is 0. The van der Waals surface area contributed by atoms with Crippen LogP contribution in [0.3, 0.4) is 0 Å². The van der Waals surface area contributed by atoms with Crippen LogP contribution in [0, 0.1) is 18.3 Å². The lowest BCUT2D eigenvalue weighted by atomic mass is 9.69. The van der Waals surface area contributed by atoms with E-state index in [9.17, 15) is 14.9 Å². The van der Waals surface area contributed by atoms with Gasteiger partial charge in [-0.05, 0) is 13.0 Å². The van der Waals surface area contributed by atoms with Gasteiger partial charge in [0.25, 0.3) is 5.56 Å². The van der Waals surface area contributed by atoms with Crippen molar-refractivity contribution < 1.29 is 9.53 Å². The number of benzene rings is 1. The van der Waals surface area contributed by atoms with Gasteiger partial charge >= 0.3 is 0 Å². The predicted octanol–water partition coefficient (Wildman–Crippen LogP) is 0.982. The van der Waals surface area contributed by atoms with Crippen molar-refractivity contribution in [1.29, 1.82) is 5.26 Å². The third kappa shape index (κ3) is 1.80. The highest BCUT2D eigenvalue weighted by molar-refractivity contribution is 7.99. The minimum absolute atomic E-state index is 0.0124. The van der Waals surface area contributed by atoms with Crippen LogP contribution in [-0.4, -0.2) is 21.2 Å². The van der Waals surface area contributed by atoms with Crippen LogP contribution in [0.5, 0.6) is 5.88 Å². The van der Waals surface area contributed by atoms with Gasteiger partial charge in [-0.1, -0.05) is 29.5 Å². The number of hydrogen-bond acceptors (Lipinski definition) is 7.